The number of aromatic nitrogens is 3. The van der Waals surface area contributed by atoms with Crippen molar-refractivity contribution in [2.75, 3.05) is 0 Å². The van der Waals surface area contributed by atoms with E-state index in [-0.39, 0.29) is 5.82 Å². The zero-order chi connectivity index (χ0) is 12.5. The molecule has 2 heterocycles. The minimum Gasteiger partial charge on any atom is -0.340 e. The predicted octanol–water partition coefficient (Wildman–Crippen LogP) is 3.34. The van der Waals surface area contributed by atoms with Gasteiger partial charge < -0.3 is 4.98 Å². The molecule has 3 aromatic rings. The molecule has 2 aromatic heterocycles. The van der Waals surface area contributed by atoms with Gasteiger partial charge in [0.05, 0.1) is 10.5 Å². The van der Waals surface area contributed by atoms with Crippen LogP contribution in [0.5, 0.6) is 0 Å². The van der Waals surface area contributed by atoms with E-state index < -0.39 is 0 Å². The molecule has 0 fully saturated rings. The molecule has 18 heavy (non-hydrogen) atoms. The normalized spacial score (nSPS) is 11.0. The summed E-state index contributed by atoms with van der Waals surface area (Å²) < 4.78 is 12.8. The lowest BCUT2D eigenvalue weighted by Gasteiger charge is -1.97. The van der Waals surface area contributed by atoms with E-state index in [4.69, 9.17) is 11.6 Å². The third-order valence-electron chi connectivity index (χ3n) is 2.64. The minimum atomic E-state index is -0.239. The standard InChI is InChI=1S/C13H9ClFN3/c14-9-6-11-13(16-7-9)18-12(17-11)5-8-1-3-10(15)4-2-8/h1-4,6-7H,5H2,(H,16,17,18). The molecule has 0 radical (unpaired) electrons. The van der Waals surface area contributed by atoms with Crippen molar-refractivity contribution in [3.8, 4) is 0 Å². The maximum absolute atomic E-state index is 12.8. The summed E-state index contributed by atoms with van der Waals surface area (Å²) in [5, 5.41) is 0.569. The molecule has 0 aliphatic carbocycles. The van der Waals surface area contributed by atoms with Crippen molar-refractivity contribution in [2.45, 2.75) is 6.42 Å². The van der Waals surface area contributed by atoms with Crippen molar-refractivity contribution < 1.29 is 4.39 Å². The second kappa shape index (κ2) is 4.38. The van der Waals surface area contributed by atoms with Gasteiger partial charge in [0.1, 0.15) is 11.6 Å². The highest BCUT2D eigenvalue weighted by atomic mass is 35.5. The lowest BCUT2D eigenvalue weighted by atomic mass is 10.1. The van der Waals surface area contributed by atoms with Crippen molar-refractivity contribution in [1.82, 2.24) is 15.0 Å². The van der Waals surface area contributed by atoms with Crippen molar-refractivity contribution in [3.63, 3.8) is 0 Å². The van der Waals surface area contributed by atoms with Crippen LogP contribution in [0, 0.1) is 5.82 Å². The third-order valence-corrected chi connectivity index (χ3v) is 2.84. The van der Waals surface area contributed by atoms with E-state index in [1.54, 1.807) is 24.4 Å². The molecule has 0 aliphatic heterocycles. The predicted molar refractivity (Wildman–Crippen MR) is 68.1 cm³/mol. The Kier molecular flexibility index (Phi) is 2.72. The Balaban J connectivity index is 1.92. The van der Waals surface area contributed by atoms with Crippen LogP contribution in [0.4, 0.5) is 4.39 Å². The number of halogens is 2. The maximum Gasteiger partial charge on any atom is 0.177 e. The molecule has 90 valence electrons. The monoisotopic (exact) mass is 261 g/mol. The van der Waals surface area contributed by atoms with E-state index in [9.17, 15) is 4.39 Å². The number of pyridine rings is 1. The molecule has 5 heteroatoms. The van der Waals surface area contributed by atoms with Crippen molar-refractivity contribution >= 4 is 22.8 Å². The number of fused-ring (bicyclic) bond motifs is 1. The quantitative estimate of drug-likeness (QED) is 0.769. The smallest absolute Gasteiger partial charge is 0.177 e. The molecule has 0 saturated heterocycles. The van der Waals surface area contributed by atoms with Crippen LogP contribution in [-0.2, 0) is 6.42 Å². The van der Waals surface area contributed by atoms with Gasteiger partial charge in [-0.15, -0.1) is 0 Å². The number of imidazole rings is 1. The first-order valence-electron chi connectivity index (χ1n) is 5.45. The molecule has 0 spiro atoms. The zero-order valence-corrected chi connectivity index (χ0v) is 10.1. The van der Waals surface area contributed by atoms with Crippen LogP contribution in [-0.4, -0.2) is 15.0 Å². The second-order valence-electron chi connectivity index (χ2n) is 4.01. The molecule has 3 rings (SSSR count). The largest absolute Gasteiger partial charge is 0.340 e. The fourth-order valence-corrected chi connectivity index (χ4v) is 1.96. The Hall–Kier alpha value is -1.94. The number of hydrogen-bond acceptors (Lipinski definition) is 2. The molecular formula is C13H9ClFN3. The van der Waals surface area contributed by atoms with E-state index in [2.05, 4.69) is 15.0 Å². The third kappa shape index (κ3) is 2.19. The highest BCUT2D eigenvalue weighted by Gasteiger charge is 2.05. The van der Waals surface area contributed by atoms with Crippen LogP contribution in [0.15, 0.2) is 36.5 Å². The molecule has 1 aromatic carbocycles. The van der Waals surface area contributed by atoms with Crippen LogP contribution >= 0.6 is 11.6 Å². The Morgan fingerprint density at radius 3 is 2.78 bits per heavy atom. The number of rotatable bonds is 2. The van der Waals surface area contributed by atoms with Crippen LogP contribution in [0.25, 0.3) is 11.2 Å². The highest BCUT2D eigenvalue weighted by Crippen LogP contribution is 2.16. The Bertz CT molecular complexity index is 691. The number of nitrogens with zero attached hydrogens (tertiary/aromatic N) is 2. The van der Waals surface area contributed by atoms with Gasteiger partial charge in [-0.05, 0) is 23.8 Å². The lowest BCUT2D eigenvalue weighted by molar-refractivity contribution is 0.627. The summed E-state index contributed by atoms with van der Waals surface area (Å²) in [4.78, 5) is 11.6. The van der Waals surface area contributed by atoms with Crippen LogP contribution in [0.2, 0.25) is 5.02 Å². The molecule has 0 aliphatic rings. The molecule has 0 atom stereocenters. The van der Waals surface area contributed by atoms with Gasteiger partial charge in [-0.1, -0.05) is 23.7 Å². The first-order valence-corrected chi connectivity index (χ1v) is 5.83. The summed E-state index contributed by atoms with van der Waals surface area (Å²) in [6.45, 7) is 0. The molecule has 0 bridgehead atoms. The van der Waals surface area contributed by atoms with Crippen molar-refractivity contribution in [3.05, 3.63) is 58.8 Å². The zero-order valence-electron chi connectivity index (χ0n) is 9.32. The summed E-state index contributed by atoms with van der Waals surface area (Å²) in [6, 6.07) is 8.14. The fourth-order valence-electron chi connectivity index (χ4n) is 1.80. The van der Waals surface area contributed by atoms with Gasteiger partial charge in [-0.25, -0.2) is 14.4 Å². The van der Waals surface area contributed by atoms with Gasteiger partial charge in [0.15, 0.2) is 5.65 Å². The molecule has 1 N–H and O–H groups in total. The fraction of sp³-hybridized carbons (Fsp3) is 0.0769. The molecule has 0 saturated carbocycles. The van der Waals surface area contributed by atoms with Crippen LogP contribution in [0.3, 0.4) is 0 Å². The van der Waals surface area contributed by atoms with E-state index in [1.165, 1.54) is 12.1 Å². The minimum absolute atomic E-state index is 0.239. The molecule has 0 unspecified atom stereocenters. The van der Waals surface area contributed by atoms with Crippen molar-refractivity contribution in [2.24, 2.45) is 0 Å². The number of aromatic amines is 1. The highest BCUT2D eigenvalue weighted by molar-refractivity contribution is 6.30. The number of benzene rings is 1. The first-order chi connectivity index (χ1) is 8.70. The maximum atomic E-state index is 12.8. The Morgan fingerprint density at radius 2 is 2.00 bits per heavy atom. The average molecular weight is 262 g/mol. The summed E-state index contributed by atoms with van der Waals surface area (Å²) >= 11 is 5.85. The SMILES string of the molecule is Fc1ccc(Cc2nc3ncc(Cl)cc3[nH]2)cc1. The number of H-pyrrole nitrogens is 1. The van der Waals surface area contributed by atoms with Gasteiger partial charge in [0, 0.05) is 12.6 Å². The first kappa shape index (κ1) is 11.2. The summed E-state index contributed by atoms with van der Waals surface area (Å²) in [6.07, 6.45) is 2.17. The molecule has 3 nitrogen and oxygen atoms in total. The summed E-state index contributed by atoms with van der Waals surface area (Å²) in [7, 11) is 0. The van der Waals surface area contributed by atoms with E-state index in [0.717, 1.165) is 16.9 Å². The second-order valence-corrected chi connectivity index (χ2v) is 4.45. The van der Waals surface area contributed by atoms with Gasteiger partial charge >= 0.3 is 0 Å². The topological polar surface area (TPSA) is 41.6 Å². The summed E-state index contributed by atoms with van der Waals surface area (Å²) in [5.41, 5.74) is 2.43. The average Bonchev–Trinajstić information content (AvgIpc) is 2.73. The van der Waals surface area contributed by atoms with Crippen molar-refractivity contribution in [1.29, 1.82) is 0 Å². The lowest BCUT2D eigenvalue weighted by Crippen LogP contribution is -1.90. The Labute approximate surface area is 108 Å². The van der Waals surface area contributed by atoms with Gasteiger partial charge in [0.25, 0.3) is 0 Å². The van der Waals surface area contributed by atoms with E-state index in [0.29, 0.717) is 17.1 Å². The number of nitrogens with one attached hydrogen (secondary N) is 1. The molecule has 0 amide bonds. The molecular weight excluding hydrogens is 253 g/mol. The number of hydrogen-bond donors (Lipinski definition) is 1. The van der Waals surface area contributed by atoms with Crippen LogP contribution < -0.4 is 0 Å². The van der Waals surface area contributed by atoms with Crippen LogP contribution in [0.1, 0.15) is 11.4 Å². The van der Waals surface area contributed by atoms with E-state index in [1.807, 2.05) is 0 Å². The van der Waals surface area contributed by atoms with Gasteiger partial charge in [-0.3, -0.25) is 0 Å². The van der Waals surface area contributed by atoms with E-state index >= 15 is 0 Å². The summed E-state index contributed by atoms with van der Waals surface area (Å²) in [5.74, 6) is 0.545. The van der Waals surface area contributed by atoms with Gasteiger partial charge in [0.2, 0.25) is 0 Å². The Morgan fingerprint density at radius 1 is 1.22 bits per heavy atom. The van der Waals surface area contributed by atoms with Gasteiger partial charge in [-0.2, -0.15) is 0 Å².